The zero-order valence-electron chi connectivity index (χ0n) is 14.4. The second kappa shape index (κ2) is 8.68. The van der Waals surface area contributed by atoms with Crippen molar-refractivity contribution < 1.29 is 19.1 Å². The van der Waals surface area contributed by atoms with Gasteiger partial charge in [-0.25, -0.2) is 0 Å². The van der Waals surface area contributed by atoms with E-state index in [-0.39, 0.29) is 4.91 Å². The number of amides is 3. The van der Waals surface area contributed by atoms with Crippen LogP contribution in [-0.2, 0) is 16.2 Å². The molecule has 28 heavy (non-hydrogen) atoms. The molecule has 1 saturated heterocycles. The van der Waals surface area contributed by atoms with E-state index in [0.29, 0.717) is 28.0 Å². The Balaban J connectivity index is 1.71. The number of nitrogens with zero attached hydrogens (tertiary/aromatic N) is 1. The van der Waals surface area contributed by atoms with Crippen LogP contribution in [0.5, 0.6) is 5.75 Å². The zero-order chi connectivity index (χ0) is 20.3. The van der Waals surface area contributed by atoms with Crippen LogP contribution in [0.3, 0.4) is 0 Å². The van der Waals surface area contributed by atoms with Gasteiger partial charge in [0, 0.05) is 5.02 Å². The van der Waals surface area contributed by atoms with Crippen LogP contribution in [0.4, 0.5) is 4.79 Å². The second-order valence-corrected chi connectivity index (χ2v) is 7.68. The van der Waals surface area contributed by atoms with Crippen LogP contribution in [0.25, 0.3) is 6.08 Å². The van der Waals surface area contributed by atoms with Crippen molar-refractivity contribution in [2.75, 3.05) is 6.54 Å². The van der Waals surface area contributed by atoms with E-state index in [4.69, 9.17) is 33.7 Å². The van der Waals surface area contributed by atoms with Crippen LogP contribution >= 0.6 is 35.0 Å². The molecule has 6 nitrogen and oxygen atoms in total. The summed E-state index contributed by atoms with van der Waals surface area (Å²) in [5, 5.41) is 0.467. The SMILES string of the molecule is NC(=O)CN1C(=O)S/C(=C\c2ccc(OCc3ccc(Cl)cc3)c(Cl)c2)C1=O. The van der Waals surface area contributed by atoms with Gasteiger partial charge in [-0.1, -0.05) is 41.4 Å². The predicted octanol–water partition coefficient (Wildman–Crippen LogP) is 4.09. The van der Waals surface area contributed by atoms with Gasteiger partial charge in [0.25, 0.3) is 11.1 Å². The van der Waals surface area contributed by atoms with Crippen LogP contribution in [0.2, 0.25) is 10.0 Å². The van der Waals surface area contributed by atoms with Crippen LogP contribution in [0.1, 0.15) is 11.1 Å². The molecule has 0 atom stereocenters. The quantitative estimate of drug-likeness (QED) is 0.688. The van der Waals surface area contributed by atoms with Gasteiger partial charge in [-0.3, -0.25) is 19.3 Å². The molecule has 2 aromatic rings. The lowest BCUT2D eigenvalue weighted by molar-refractivity contribution is -0.127. The second-order valence-electron chi connectivity index (χ2n) is 5.84. The molecule has 1 heterocycles. The van der Waals surface area contributed by atoms with E-state index in [9.17, 15) is 14.4 Å². The number of imide groups is 1. The van der Waals surface area contributed by atoms with Gasteiger partial charge in [-0.2, -0.15) is 0 Å². The summed E-state index contributed by atoms with van der Waals surface area (Å²) in [4.78, 5) is 36.1. The van der Waals surface area contributed by atoms with Crippen molar-refractivity contribution in [3.8, 4) is 5.75 Å². The third kappa shape index (κ3) is 4.86. The van der Waals surface area contributed by atoms with Crippen LogP contribution < -0.4 is 10.5 Å². The summed E-state index contributed by atoms with van der Waals surface area (Å²) < 4.78 is 5.71. The van der Waals surface area contributed by atoms with Crippen molar-refractivity contribution in [3.05, 3.63) is 68.5 Å². The highest BCUT2D eigenvalue weighted by Gasteiger charge is 2.35. The van der Waals surface area contributed by atoms with Crippen molar-refractivity contribution in [2.24, 2.45) is 5.73 Å². The highest BCUT2D eigenvalue weighted by Crippen LogP contribution is 2.33. The minimum atomic E-state index is -0.756. The molecule has 1 aliphatic heterocycles. The molecule has 2 N–H and O–H groups in total. The fourth-order valence-electron chi connectivity index (χ4n) is 2.41. The Morgan fingerprint density at radius 2 is 1.86 bits per heavy atom. The number of benzene rings is 2. The van der Waals surface area contributed by atoms with Crippen molar-refractivity contribution in [1.82, 2.24) is 4.90 Å². The van der Waals surface area contributed by atoms with E-state index in [2.05, 4.69) is 0 Å². The first kappa shape index (κ1) is 20.3. The number of rotatable bonds is 6. The van der Waals surface area contributed by atoms with E-state index in [1.165, 1.54) is 6.08 Å². The van der Waals surface area contributed by atoms with Gasteiger partial charge < -0.3 is 10.5 Å². The molecule has 0 saturated carbocycles. The molecule has 1 aliphatic rings. The van der Waals surface area contributed by atoms with E-state index in [0.717, 1.165) is 22.2 Å². The molecule has 9 heteroatoms. The molecule has 0 aliphatic carbocycles. The predicted molar refractivity (Wildman–Crippen MR) is 109 cm³/mol. The van der Waals surface area contributed by atoms with Gasteiger partial charge in [0.05, 0.1) is 9.93 Å². The number of carbonyl (C=O) groups is 3. The molecular weight excluding hydrogens is 423 g/mol. The van der Waals surface area contributed by atoms with E-state index in [1.807, 2.05) is 12.1 Å². The number of carbonyl (C=O) groups excluding carboxylic acids is 3. The Morgan fingerprint density at radius 1 is 1.14 bits per heavy atom. The molecule has 0 bridgehead atoms. The maximum Gasteiger partial charge on any atom is 0.294 e. The van der Waals surface area contributed by atoms with Crippen LogP contribution in [0, 0.1) is 0 Å². The number of hydrogen-bond donors (Lipinski definition) is 1. The number of primary amides is 1. The molecule has 0 spiro atoms. The lowest BCUT2D eigenvalue weighted by Crippen LogP contribution is -2.36. The molecule has 0 aromatic heterocycles. The summed E-state index contributed by atoms with van der Waals surface area (Å²) in [6.07, 6.45) is 1.53. The third-order valence-corrected chi connectivity index (χ3v) is 5.20. The Morgan fingerprint density at radius 3 is 2.50 bits per heavy atom. The lowest BCUT2D eigenvalue weighted by atomic mass is 10.2. The molecule has 0 unspecified atom stereocenters. The normalized spacial score (nSPS) is 15.4. The maximum atomic E-state index is 12.2. The average molecular weight is 437 g/mol. The molecule has 3 rings (SSSR count). The first-order valence-electron chi connectivity index (χ1n) is 8.04. The number of thioether (sulfide) groups is 1. The highest BCUT2D eigenvalue weighted by atomic mass is 35.5. The Hall–Kier alpha value is -2.48. The van der Waals surface area contributed by atoms with Crippen molar-refractivity contribution >= 4 is 58.1 Å². The number of ether oxygens (including phenoxy) is 1. The first-order chi connectivity index (χ1) is 13.3. The minimum absolute atomic E-state index is 0.192. The Labute approximate surface area is 175 Å². The third-order valence-electron chi connectivity index (χ3n) is 3.75. The molecular formula is C19H14Cl2N2O4S. The van der Waals surface area contributed by atoms with Gasteiger partial charge in [0.1, 0.15) is 18.9 Å². The number of hydrogen-bond acceptors (Lipinski definition) is 5. The molecule has 1 fully saturated rings. The first-order valence-corrected chi connectivity index (χ1v) is 9.61. The highest BCUT2D eigenvalue weighted by molar-refractivity contribution is 8.18. The summed E-state index contributed by atoms with van der Waals surface area (Å²) in [7, 11) is 0. The molecule has 2 aromatic carbocycles. The zero-order valence-corrected chi connectivity index (χ0v) is 16.7. The van der Waals surface area contributed by atoms with Crippen molar-refractivity contribution in [2.45, 2.75) is 6.61 Å². The number of halogens is 2. The van der Waals surface area contributed by atoms with Gasteiger partial charge in [0.2, 0.25) is 5.91 Å². The van der Waals surface area contributed by atoms with Gasteiger partial charge in [-0.05, 0) is 53.2 Å². The Bertz CT molecular complexity index is 976. The largest absolute Gasteiger partial charge is 0.487 e. The van der Waals surface area contributed by atoms with Crippen molar-refractivity contribution in [1.29, 1.82) is 0 Å². The topological polar surface area (TPSA) is 89.7 Å². The van der Waals surface area contributed by atoms with Gasteiger partial charge in [-0.15, -0.1) is 0 Å². The summed E-state index contributed by atoms with van der Waals surface area (Å²) in [5.41, 5.74) is 6.61. The van der Waals surface area contributed by atoms with Gasteiger partial charge in [0.15, 0.2) is 0 Å². The lowest BCUT2D eigenvalue weighted by Gasteiger charge is -2.09. The van der Waals surface area contributed by atoms with Crippen LogP contribution in [0.15, 0.2) is 47.4 Å². The summed E-state index contributed by atoms with van der Waals surface area (Å²) in [6.45, 7) is -0.123. The van der Waals surface area contributed by atoms with Gasteiger partial charge >= 0.3 is 0 Å². The maximum absolute atomic E-state index is 12.2. The molecule has 3 amide bonds. The Kier molecular flexibility index (Phi) is 6.28. The fraction of sp³-hybridized carbons (Fsp3) is 0.105. The van der Waals surface area contributed by atoms with Crippen LogP contribution in [-0.4, -0.2) is 28.5 Å². The number of nitrogens with two attached hydrogens (primary N) is 1. The van der Waals surface area contributed by atoms with Crippen molar-refractivity contribution in [3.63, 3.8) is 0 Å². The minimum Gasteiger partial charge on any atom is -0.487 e. The summed E-state index contributed by atoms with van der Waals surface area (Å²) in [6, 6.07) is 12.3. The van der Waals surface area contributed by atoms with E-state index in [1.54, 1.807) is 30.3 Å². The summed E-state index contributed by atoms with van der Waals surface area (Å²) >= 11 is 12.9. The smallest absolute Gasteiger partial charge is 0.294 e. The molecule has 0 radical (unpaired) electrons. The average Bonchev–Trinajstić information content (AvgIpc) is 2.89. The van der Waals surface area contributed by atoms with E-state index >= 15 is 0 Å². The molecule has 144 valence electrons. The summed E-state index contributed by atoms with van der Waals surface area (Å²) in [5.74, 6) is -0.836. The fourth-order valence-corrected chi connectivity index (χ4v) is 3.62. The standard InChI is InChI=1S/C19H14Cl2N2O4S/c20-13-4-1-11(2-5-13)10-27-15-6-3-12(7-14(15)21)8-16-18(25)23(9-17(22)24)19(26)28-16/h1-8H,9-10H2,(H2,22,24)/b16-8-. The monoisotopic (exact) mass is 436 g/mol. The van der Waals surface area contributed by atoms with E-state index < -0.39 is 23.6 Å².